The summed E-state index contributed by atoms with van der Waals surface area (Å²) < 4.78 is 5.78. The topological polar surface area (TPSA) is 64.3 Å². The molecule has 0 saturated heterocycles. The zero-order valence-corrected chi connectivity index (χ0v) is 12.6. The van der Waals surface area contributed by atoms with E-state index in [1.54, 1.807) is 37.3 Å². The van der Waals surface area contributed by atoms with Crippen molar-refractivity contribution in [2.45, 2.75) is 19.9 Å². The molecular weight excluding hydrogens is 288 g/mol. The summed E-state index contributed by atoms with van der Waals surface area (Å²) in [4.78, 5) is 11.5. The van der Waals surface area contributed by atoms with Crippen LogP contribution in [0.5, 0.6) is 11.5 Å². The van der Waals surface area contributed by atoms with Crippen LogP contribution in [0.2, 0.25) is 5.02 Å². The molecule has 1 atom stereocenters. The molecular formula is C16H17ClN2O2. The molecule has 2 rings (SSSR count). The van der Waals surface area contributed by atoms with Crippen LogP contribution < -0.4 is 15.8 Å². The highest BCUT2D eigenvalue weighted by Gasteiger charge is 2.07. The second kappa shape index (κ2) is 6.61. The Morgan fingerprint density at radius 3 is 2.48 bits per heavy atom. The van der Waals surface area contributed by atoms with E-state index in [1.165, 1.54) is 0 Å². The van der Waals surface area contributed by atoms with Crippen LogP contribution in [0.1, 0.15) is 12.5 Å². The number of hydrogen-bond donors (Lipinski definition) is 2. The number of carbonyl (C=O) groups is 1. The fourth-order valence-corrected chi connectivity index (χ4v) is 1.94. The van der Waals surface area contributed by atoms with Gasteiger partial charge in [-0.2, -0.15) is 0 Å². The number of anilines is 1. The molecule has 0 aliphatic rings. The molecule has 0 aliphatic carbocycles. The Kier molecular flexibility index (Phi) is 4.83. The number of nitrogens with one attached hydrogen (secondary N) is 1. The van der Waals surface area contributed by atoms with Crippen molar-refractivity contribution >= 4 is 23.2 Å². The van der Waals surface area contributed by atoms with Gasteiger partial charge in [0.05, 0.1) is 6.04 Å². The molecule has 0 heterocycles. The monoisotopic (exact) mass is 304 g/mol. The van der Waals surface area contributed by atoms with Crippen molar-refractivity contribution in [3.63, 3.8) is 0 Å². The van der Waals surface area contributed by atoms with E-state index < -0.39 is 6.04 Å². The second-order valence-electron chi connectivity index (χ2n) is 4.81. The number of hydrogen-bond acceptors (Lipinski definition) is 3. The quantitative estimate of drug-likeness (QED) is 0.904. The first-order chi connectivity index (χ1) is 9.95. The highest BCUT2D eigenvalue weighted by molar-refractivity contribution is 6.30. The van der Waals surface area contributed by atoms with E-state index in [4.69, 9.17) is 22.1 Å². The third-order valence-electron chi connectivity index (χ3n) is 2.90. The molecule has 2 aromatic carbocycles. The molecule has 0 aromatic heterocycles. The number of aryl methyl sites for hydroxylation is 1. The average Bonchev–Trinajstić information content (AvgIpc) is 2.43. The van der Waals surface area contributed by atoms with Crippen LogP contribution in [0.15, 0.2) is 42.5 Å². The van der Waals surface area contributed by atoms with Gasteiger partial charge in [-0.05, 0) is 61.9 Å². The van der Waals surface area contributed by atoms with Crippen molar-refractivity contribution in [3.05, 3.63) is 53.1 Å². The van der Waals surface area contributed by atoms with Crippen LogP contribution in [-0.4, -0.2) is 11.9 Å². The molecule has 5 heteroatoms. The van der Waals surface area contributed by atoms with Crippen LogP contribution in [0.25, 0.3) is 0 Å². The van der Waals surface area contributed by atoms with Crippen molar-refractivity contribution in [2.24, 2.45) is 5.73 Å². The average molecular weight is 305 g/mol. The van der Waals surface area contributed by atoms with Gasteiger partial charge in [0.25, 0.3) is 0 Å². The van der Waals surface area contributed by atoms with E-state index in [2.05, 4.69) is 5.32 Å². The minimum Gasteiger partial charge on any atom is -0.457 e. The van der Waals surface area contributed by atoms with Gasteiger partial charge in [0.15, 0.2) is 0 Å². The zero-order chi connectivity index (χ0) is 15.4. The number of rotatable bonds is 4. The molecule has 0 spiro atoms. The number of benzene rings is 2. The van der Waals surface area contributed by atoms with E-state index in [-0.39, 0.29) is 5.91 Å². The minimum atomic E-state index is -0.544. The van der Waals surface area contributed by atoms with Gasteiger partial charge in [-0.3, -0.25) is 4.79 Å². The van der Waals surface area contributed by atoms with Gasteiger partial charge >= 0.3 is 0 Å². The van der Waals surface area contributed by atoms with E-state index in [1.807, 2.05) is 19.1 Å². The van der Waals surface area contributed by atoms with Crippen molar-refractivity contribution in [1.82, 2.24) is 0 Å². The van der Waals surface area contributed by atoms with Gasteiger partial charge in [-0.25, -0.2) is 0 Å². The molecule has 0 radical (unpaired) electrons. The first kappa shape index (κ1) is 15.4. The summed E-state index contributed by atoms with van der Waals surface area (Å²) >= 11 is 5.91. The van der Waals surface area contributed by atoms with E-state index in [0.717, 1.165) is 11.3 Å². The predicted molar refractivity (Wildman–Crippen MR) is 85.0 cm³/mol. The van der Waals surface area contributed by atoms with Crippen LogP contribution in [-0.2, 0) is 4.79 Å². The summed E-state index contributed by atoms with van der Waals surface area (Å²) in [6.07, 6.45) is 0. The number of amides is 1. The standard InChI is InChI=1S/C16H17ClN2O2/c1-10-9-12(17)3-8-15(10)21-14-6-4-13(5-7-14)19-16(20)11(2)18/h3-9,11H,18H2,1-2H3,(H,19,20). The minimum absolute atomic E-state index is 0.225. The molecule has 0 bridgehead atoms. The SMILES string of the molecule is Cc1cc(Cl)ccc1Oc1ccc(NC(=O)C(C)N)cc1. The van der Waals surface area contributed by atoms with Crippen molar-refractivity contribution < 1.29 is 9.53 Å². The molecule has 1 amide bonds. The smallest absolute Gasteiger partial charge is 0.240 e. The Hall–Kier alpha value is -2.04. The van der Waals surface area contributed by atoms with Crippen LogP contribution in [0.4, 0.5) is 5.69 Å². The lowest BCUT2D eigenvalue weighted by molar-refractivity contribution is -0.117. The Morgan fingerprint density at radius 2 is 1.90 bits per heavy atom. The molecule has 2 aromatic rings. The Labute approximate surface area is 128 Å². The van der Waals surface area contributed by atoms with Gasteiger partial charge < -0.3 is 15.8 Å². The Morgan fingerprint density at radius 1 is 1.24 bits per heavy atom. The highest BCUT2D eigenvalue weighted by atomic mass is 35.5. The third kappa shape index (κ3) is 4.21. The largest absolute Gasteiger partial charge is 0.457 e. The maximum absolute atomic E-state index is 11.5. The molecule has 3 N–H and O–H groups in total. The summed E-state index contributed by atoms with van der Waals surface area (Å²) in [7, 11) is 0. The predicted octanol–water partition coefficient (Wildman–Crippen LogP) is 3.73. The van der Waals surface area contributed by atoms with Gasteiger partial charge in [0.1, 0.15) is 11.5 Å². The lowest BCUT2D eigenvalue weighted by Gasteiger charge is -2.11. The number of carbonyl (C=O) groups excluding carboxylic acids is 1. The maximum atomic E-state index is 11.5. The molecule has 21 heavy (non-hydrogen) atoms. The summed E-state index contributed by atoms with van der Waals surface area (Å²) in [6.45, 7) is 3.56. The Bertz CT molecular complexity index is 639. The number of nitrogens with two attached hydrogens (primary N) is 1. The second-order valence-corrected chi connectivity index (χ2v) is 5.25. The number of ether oxygens (including phenoxy) is 1. The van der Waals surface area contributed by atoms with Gasteiger partial charge in [0, 0.05) is 10.7 Å². The first-order valence-electron chi connectivity index (χ1n) is 6.56. The highest BCUT2D eigenvalue weighted by Crippen LogP contribution is 2.27. The van der Waals surface area contributed by atoms with Crippen molar-refractivity contribution in [2.75, 3.05) is 5.32 Å². The van der Waals surface area contributed by atoms with E-state index >= 15 is 0 Å². The summed E-state index contributed by atoms with van der Waals surface area (Å²) in [5, 5.41) is 3.39. The lowest BCUT2D eigenvalue weighted by atomic mass is 10.2. The molecule has 0 fully saturated rings. The van der Waals surface area contributed by atoms with Crippen molar-refractivity contribution in [1.29, 1.82) is 0 Å². The third-order valence-corrected chi connectivity index (χ3v) is 3.14. The van der Waals surface area contributed by atoms with E-state index in [9.17, 15) is 4.79 Å². The zero-order valence-electron chi connectivity index (χ0n) is 11.9. The molecule has 110 valence electrons. The maximum Gasteiger partial charge on any atom is 0.240 e. The summed E-state index contributed by atoms with van der Waals surface area (Å²) in [5.74, 6) is 1.20. The van der Waals surface area contributed by atoms with E-state index in [0.29, 0.717) is 16.5 Å². The molecule has 1 unspecified atom stereocenters. The number of halogens is 1. The normalized spacial score (nSPS) is 11.8. The molecule has 0 aliphatic heterocycles. The van der Waals surface area contributed by atoms with Gasteiger partial charge in [0.2, 0.25) is 5.91 Å². The van der Waals surface area contributed by atoms with Crippen LogP contribution in [0.3, 0.4) is 0 Å². The van der Waals surface area contributed by atoms with Gasteiger partial charge in [-0.1, -0.05) is 11.6 Å². The van der Waals surface area contributed by atoms with Crippen molar-refractivity contribution in [3.8, 4) is 11.5 Å². The lowest BCUT2D eigenvalue weighted by Crippen LogP contribution is -2.32. The molecule has 0 saturated carbocycles. The van der Waals surface area contributed by atoms with Crippen LogP contribution in [0, 0.1) is 6.92 Å². The van der Waals surface area contributed by atoms with Crippen LogP contribution >= 0.6 is 11.6 Å². The fraction of sp³-hybridized carbons (Fsp3) is 0.188. The summed E-state index contributed by atoms with van der Waals surface area (Å²) in [6, 6.07) is 12.0. The summed E-state index contributed by atoms with van der Waals surface area (Å²) in [5.41, 5.74) is 7.13. The fourth-order valence-electron chi connectivity index (χ4n) is 1.72. The molecule has 4 nitrogen and oxygen atoms in total. The first-order valence-corrected chi connectivity index (χ1v) is 6.94. The Balaban J connectivity index is 2.07. The van der Waals surface area contributed by atoms with Gasteiger partial charge in [-0.15, -0.1) is 0 Å².